The number of aryl methyl sites for hydroxylation is 1. The van der Waals surface area contributed by atoms with Crippen LogP contribution >= 0.6 is 11.6 Å². The highest BCUT2D eigenvalue weighted by molar-refractivity contribution is 7.92. The summed E-state index contributed by atoms with van der Waals surface area (Å²) >= 11 is 6.33. The minimum absolute atomic E-state index is 0.132. The Balaban J connectivity index is 2.05. The maximum absolute atomic E-state index is 14.0. The van der Waals surface area contributed by atoms with Gasteiger partial charge in [-0.1, -0.05) is 97.7 Å². The zero-order valence-electron chi connectivity index (χ0n) is 22.8. The normalized spacial score (nSPS) is 12.2. The van der Waals surface area contributed by atoms with Gasteiger partial charge >= 0.3 is 0 Å². The Morgan fingerprint density at radius 1 is 0.923 bits per heavy atom. The average molecular weight is 570 g/mol. The number of halogens is 1. The van der Waals surface area contributed by atoms with Crippen molar-refractivity contribution in [3.05, 3.63) is 101 Å². The minimum atomic E-state index is -3.87. The highest BCUT2D eigenvalue weighted by Gasteiger charge is 2.33. The monoisotopic (exact) mass is 569 g/mol. The van der Waals surface area contributed by atoms with Gasteiger partial charge in [-0.05, 0) is 36.1 Å². The Morgan fingerprint density at radius 2 is 1.56 bits per heavy atom. The molecule has 0 aliphatic rings. The molecule has 1 atom stereocenters. The highest BCUT2D eigenvalue weighted by Crippen LogP contribution is 2.27. The fraction of sp³-hybridized carbons (Fsp3) is 0.333. The molecule has 0 bridgehead atoms. The number of carbonyl (C=O) groups is 2. The predicted octanol–water partition coefficient (Wildman–Crippen LogP) is 4.83. The molecule has 1 N–H and O–H groups in total. The van der Waals surface area contributed by atoms with E-state index >= 15 is 0 Å². The molecular formula is C30H36ClN3O4S. The van der Waals surface area contributed by atoms with E-state index in [4.69, 9.17) is 11.6 Å². The summed E-state index contributed by atoms with van der Waals surface area (Å²) in [6.07, 6.45) is 1.30. The molecule has 0 saturated carbocycles. The van der Waals surface area contributed by atoms with Gasteiger partial charge in [0.05, 0.1) is 17.0 Å². The summed E-state index contributed by atoms with van der Waals surface area (Å²) in [6, 6.07) is 22.8. The van der Waals surface area contributed by atoms with E-state index < -0.39 is 28.5 Å². The first kappa shape index (κ1) is 30.2. The third-order valence-electron chi connectivity index (χ3n) is 6.19. The summed E-state index contributed by atoms with van der Waals surface area (Å²) in [5.41, 5.74) is 2.93. The molecule has 2 amide bonds. The lowest BCUT2D eigenvalue weighted by molar-refractivity contribution is -0.140. The van der Waals surface area contributed by atoms with Gasteiger partial charge in [-0.25, -0.2) is 8.42 Å². The van der Waals surface area contributed by atoms with E-state index in [2.05, 4.69) is 5.32 Å². The van der Waals surface area contributed by atoms with Gasteiger partial charge < -0.3 is 10.2 Å². The Hall–Kier alpha value is -3.36. The number of carbonyl (C=O) groups excluding carboxylic acids is 2. The number of nitrogens with zero attached hydrogens (tertiary/aromatic N) is 2. The van der Waals surface area contributed by atoms with E-state index in [-0.39, 0.29) is 35.5 Å². The fourth-order valence-corrected chi connectivity index (χ4v) is 5.38. The molecule has 0 saturated heterocycles. The molecule has 3 aromatic rings. The Bertz CT molecular complexity index is 1380. The zero-order chi connectivity index (χ0) is 28.6. The van der Waals surface area contributed by atoms with Crippen molar-refractivity contribution in [2.24, 2.45) is 5.92 Å². The maximum atomic E-state index is 14.0. The minimum Gasteiger partial charge on any atom is -0.354 e. The lowest BCUT2D eigenvalue weighted by Gasteiger charge is -2.34. The van der Waals surface area contributed by atoms with Crippen LogP contribution in [0.5, 0.6) is 0 Å². The largest absolute Gasteiger partial charge is 0.354 e. The summed E-state index contributed by atoms with van der Waals surface area (Å²) in [5.74, 6) is -0.590. The van der Waals surface area contributed by atoms with E-state index in [0.29, 0.717) is 6.54 Å². The van der Waals surface area contributed by atoms with Crippen LogP contribution in [-0.2, 0) is 32.6 Å². The molecule has 0 fully saturated rings. The Morgan fingerprint density at radius 3 is 2.18 bits per heavy atom. The Labute approximate surface area is 236 Å². The molecule has 0 aliphatic carbocycles. The van der Waals surface area contributed by atoms with Crippen molar-refractivity contribution in [1.82, 2.24) is 10.2 Å². The van der Waals surface area contributed by atoms with Crippen molar-refractivity contribution in [1.29, 1.82) is 0 Å². The molecule has 9 heteroatoms. The summed E-state index contributed by atoms with van der Waals surface area (Å²) in [7, 11) is -3.87. The summed E-state index contributed by atoms with van der Waals surface area (Å²) in [5, 5.41) is 3.18. The molecular weight excluding hydrogens is 534 g/mol. The van der Waals surface area contributed by atoms with Crippen LogP contribution < -0.4 is 9.62 Å². The predicted molar refractivity (Wildman–Crippen MR) is 157 cm³/mol. The number of amides is 2. The third-order valence-corrected chi connectivity index (χ3v) is 7.64. The van der Waals surface area contributed by atoms with Crippen molar-refractivity contribution in [3.63, 3.8) is 0 Å². The number of rotatable bonds is 12. The van der Waals surface area contributed by atoms with Gasteiger partial charge in [0, 0.05) is 19.5 Å². The van der Waals surface area contributed by atoms with E-state index in [9.17, 15) is 18.0 Å². The van der Waals surface area contributed by atoms with E-state index in [1.807, 2.05) is 75.4 Å². The number of sulfonamides is 1. The first-order valence-electron chi connectivity index (χ1n) is 12.8. The van der Waals surface area contributed by atoms with Gasteiger partial charge in [0.1, 0.15) is 12.6 Å². The van der Waals surface area contributed by atoms with Crippen LogP contribution in [0.4, 0.5) is 5.69 Å². The average Bonchev–Trinajstić information content (AvgIpc) is 2.88. The first-order chi connectivity index (χ1) is 18.5. The summed E-state index contributed by atoms with van der Waals surface area (Å²) in [4.78, 5) is 29.1. The number of benzene rings is 3. The highest BCUT2D eigenvalue weighted by atomic mass is 35.5. The number of anilines is 1. The molecule has 208 valence electrons. The molecule has 7 nitrogen and oxygen atoms in total. The molecule has 39 heavy (non-hydrogen) atoms. The third kappa shape index (κ3) is 8.83. The zero-order valence-corrected chi connectivity index (χ0v) is 24.4. The van der Waals surface area contributed by atoms with Gasteiger partial charge in [-0.3, -0.25) is 13.9 Å². The standard InChI is InChI=1S/C30H36ClN3O4S/c1-22(2)19-32-30(36)28(18-24-12-6-5-7-13-24)33(20-25-14-10-11-23(3)17-25)29(35)21-34(39(4,37)38)27-16-9-8-15-26(27)31/h5-17,22,28H,18-21H2,1-4H3,(H,32,36)/t28-/m0/s1. The lowest BCUT2D eigenvalue weighted by Crippen LogP contribution is -2.53. The van der Waals surface area contributed by atoms with Crippen molar-refractivity contribution in [3.8, 4) is 0 Å². The van der Waals surface area contributed by atoms with E-state index in [1.165, 1.54) is 4.90 Å². The van der Waals surface area contributed by atoms with Crippen molar-refractivity contribution in [2.45, 2.75) is 39.8 Å². The van der Waals surface area contributed by atoms with Crippen LogP contribution in [0.3, 0.4) is 0 Å². The van der Waals surface area contributed by atoms with Gasteiger partial charge in [-0.2, -0.15) is 0 Å². The van der Waals surface area contributed by atoms with Crippen LogP contribution in [0.1, 0.15) is 30.5 Å². The number of nitrogens with one attached hydrogen (secondary N) is 1. The van der Waals surface area contributed by atoms with Crippen molar-refractivity contribution in [2.75, 3.05) is 23.7 Å². The smallest absolute Gasteiger partial charge is 0.244 e. The van der Waals surface area contributed by atoms with Crippen LogP contribution in [0, 0.1) is 12.8 Å². The van der Waals surface area contributed by atoms with Gasteiger partial charge in [0.15, 0.2) is 0 Å². The van der Waals surface area contributed by atoms with Crippen LogP contribution in [0.15, 0.2) is 78.9 Å². The van der Waals surface area contributed by atoms with Gasteiger partial charge in [0.2, 0.25) is 21.8 Å². The second-order valence-electron chi connectivity index (χ2n) is 10.1. The van der Waals surface area contributed by atoms with Crippen molar-refractivity contribution < 1.29 is 18.0 Å². The fourth-order valence-electron chi connectivity index (χ4n) is 4.23. The second-order valence-corrected chi connectivity index (χ2v) is 12.4. The number of para-hydroxylation sites is 1. The molecule has 0 aromatic heterocycles. The molecule has 0 spiro atoms. The SMILES string of the molecule is Cc1cccc(CN(C(=O)CN(c2ccccc2Cl)S(C)(=O)=O)[C@@H](Cc2ccccc2)C(=O)NCC(C)C)c1. The van der Waals surface area contributed by atoms with Gasteiger partial charge in [0.25, 0.3) is 0 Å². The van der Waals surface area contributed by atoms with Crippen molar-refractivity contribution >= 4 is 39.1 Å². The Kier molecular flexibility index (Phi) is 10.5. The first-order valence-corrected chi connectivity index (χ1v) is 15.1. The van der Waals surface area contributed by atoms with Crippen LogP contribution in [-0.4, -0.2) is 50.5 Å². The maximum Gasteiger partial charge on any atom is 0.244 e. The van der Waals surface area contributed by atoms with Crippen LogP contribution in [0.25, 0.3) is 0 Å². The second kappa shape index (κ2) is 13.6. The number of hydrogen-bond acceptors (Lipinski definition) is 4. The molecule has 0 radical (unpaired) electrons. The molecule has 0 heterocycles. The van der Waals surface area contributed by atoms with Gasteiger partial charge in [-0.15, -0.1) is 0 Å². The van der Waals surface area contributed by atoms with Crippen LogP contribution in [0.2, 0.25) is 5.02 Å². The quantitative estimate of drug-likeness (QED) is 0.338. The summed E-state index contributed by atoms with van der Waals surface area (Å²) in [6.45, 7) is 6.02. The molecule has 0 unspecified atom stereocenters. The topological polar surface area (TPSA) is 86.8 Å². The van der Waals surface area contributed by atoms with E-state index in [1.54, 1.807) is 24.3 Å². The molecule has 0 aliphatic heterocycles. The lowest BCUT2D eigenvalue weighted by atomic mass is 10.0. The number of hydrogen-bond donors (Lipinski definition) is 1. The molecule has 3 aromatic carbocycles. The molecule has 3 rings (SSSR count). The summed E-state index contributed by atoms with van der Waals surface area (Å²) < 4.78 is 26.7. The van der Waals surface area contributed by atoms with E-state index in [0.717, 1.165) is 27.3 Å².